The third-order valence-corrected chi connectivity index (χ3v) is 6.15. The van der Waals surface area contributed by atoms with Crippen LogP contribution in [0.5, 0.6) is 0 Å². The average Bonchev–Trinajstić information content (AvgIpc) is 3.47. The largest absolute Gasteiger partial charge is 0.346 e. The number of rotatable bonds is 5. The van der Waals surface area contributed by atoms with E-state index >= 15 is 0 Å². The molecule has 28 heavy (non-hydrogen) atoms. The van der Waals surface area contributed by atoms with Crippen LogP contribution in [0, 0.1) is 5.92 Å². The molecule has 0 radical (unpaired) electrons. The number of sulfonamides is 1. The van der Waals surface area contributed by atoms with Crippen molar-refractivity contribution in [2.75, 3.05) is 29.2 Å². The van der Waals surface area contributed by atoms with Crippen LogP contribution in [0.15, 0.2) is 35.4 Å². The molecule has 0 bridgehead atoms. The zero-order valence-electron chi connectivity index (χ0n) is 15.7. The molecule has 1 fully saturated rings. The van der Waals surface area contributed by atoms with Gasteiger partial charge in [-0.15, -0.1) is 0 Å². The molecule has 1 saturated carbocycles. The van der Waals surface area contributed by atoms with Crippen LogP contribution >= 0.6 is 0 Å². The first-order chi connectivity index (χ1) is 13.2. The van der Waals surface area contributed by atoms with Crippen LogP contribution in [-0.4, -0.2) is 44.4 Å². The zero-order chi connectivity index (χ0) is 20.1. The second-order valence-electron chi connectivity index (χ2n) is 7.30. The number of hydrogen-bond acceptors (Lipinski definition) is 7. The molecular formula is C18H22N6O3S. The molecule has 1 aromatic carbocycles. The Morgan fingerprint density at radius 1 is 1.21 bits per heavy atom. The van der Waals surface area contributed by atoms with Gasteiger partial charge in [0.15, 0.2) is 5.82 Å². The van der Waals surface area contributed by atoms with Crippen LogP contribution in [0.3, 0.4) is 0 Å². The highest BCUT2D eigenvalue weighted by atomic mass is 32.2. The number of amides is 1. The fourth-order valence-electron chi connectivity index (χ4n) is 3.36. The Bertz CT molecular complexity index is 1020. The van der Waals surface area contributed by atoms with E-state index in [1.165, 1.54) is 25.0 Å². The fourth-order valence-corrected chi connectivity index (χ4v) is 3.88. The second kappa shape index (κ2) is 6.71. The number of carbonyl (C=O) groups is 1. The highest BCUT2D eigenvalue weighted by Crippen LogP contribution is 2.40. The van der Waals surface area contributed by atoms with Crippen molar-refractivity contribution in [3.63, 3.8) is 0 Å². The molecule has 1 aliphatic carbocycles. The summed E-state index contributed by atoms with van der Waals surface area (Å²) in [6, 6.07) is 5.80. The molecule has 3 N–H and O–H groups in total. The Hall–Kier alpha value is -2.72. The molecule has 10 heteroatoms. The average molecular weight is 402 g/mol. The molecule has 1 aliphatic heterocycles. The van der Waals surface area contributed by atoms with Gasteiger partial charge in [-0.2, -0.15) is 4.98 Å². The van der Waals surface area contributed by atoms with Crippen LogP contribution in [-0.2, 0) is 14.8 Å². The summed E-state index contributed by atoms with van der Waals surface area (Å²) in [6.45, 7) is 0. The lowest BCUT2D eigenvalue weighted by Gasteiger charge is -2.38. The van der Waals surface area contributed by atoms with Crippen LogP contribution < -0.4 is 20.3 Å². The molecule has 4 rings (SSSR count). The van der Waals surface area contributed by atoms with Gasteiger partial charge in [-0.1, -0.05) is 12.8 Å². The van der Waals surface area contributed by atoms with Gasteiger partial charge in [0.25, 0.3) is 0 Å². The fraction of sp³-hybridized carbons (Fsp3) is 0.389. The van der Waals surface area contributed by atoms with Crippen molar-refractivity contribution in [1.29, 1.82) is 0 Å². The van der Waals surface area contributed by atoms with Crippen LogP contribution in [0.1, 0.15) is 19.3 Å². The van der Waals surface area contributed by atoms with E-state index in [0.29, 0.717) is 29.1 Å². The molecule has 2 aromatic rings. The first kappa shape index (κ1) is 18.6. The number of nitrogens with two attached hydrogens (primary N) is 1. The van der Waals surface area contributed by atoms with Crippen molar-refractivity contribution >= 4 is 39.1 Å². The van der Waals surface area contributed by atoms with Crippen molar-refractivity contribution in [2.24, 2.45) is 11.1 Å². The Morgan fingerprint density at radius 3 is 2.50 bits per heavy atom. The lowest BCUT2D eigenvalue weighted by Crippen LogP contribution is -2.51. The third kappa shape index (κ3) is 3.52. The number of benzene rings is 1. The van der Waals surface area contributed by atoms with Crippen molar-refractivity contribution < 1.29 is 13.2 Å². The minimum atomic E-state index is -3.74. The highest BCUT2D eigenvalue weighted by Gasteiger charge is 2.39. The maximum Gasteiger partial charge on any atom is 0.249 e. The maximum atomic E-state index is 12.7. The van der Waals surface area contributed by atoms with E-state index in [0.717, 1.165) is 6.42 Å². The Labute approximate surface area is 163 Å². The predicted octanol–water partition coefficient (Wildman–Crippen LogP) is 1.45. The molecule has 9 nitrogen and oxygen atoms in total. The molecule has 0 unspecified atom stereocenters. The number of hydrogen-bond donors (Lipinski definition) is 2. The third-order valence-electron chi connectivity index (χ3n) is 5.22. The molecule has 2 aliphatic rings. The smallest absolute Gasteiger partial charge is 0.249 e. The number of anilines is 4. The molecule has 1 aromatic heterocycles. The van der Waals surface area contributed by atoms with Crippen LogP contribution in [0.4, 0.5) is 23.1 Å². The molecular weight excluding hydrogens is 380 g/mol. The summed E-state index contributed by atoms with van der Waals surface area (Å²) in [5, 5.41) is 8.18. The molecule has 0 spiro atoms. The Kier molecular flexibility index (Phi) is 4.47. The van der Waals surface area contributed by atoms with Crippen molar-refractivity contribution in [3.8, 4) is 0 Å². The molecule has 148 valence electrons. The summed E-state index contributed by atoms with van der Waals surface area (Å²) in [5.41, 5.74) is 1.29. The molecule has 2 heterocycles. The predicted molar refractivity (Wildman–Crippen MR) is 106 cm³/mol. The van der Waals surface area contributed by atoms with Gasteiger partial charge in [0.05, 0.1) is 11.1 Å². The van der Waals surface area contributed by atoms with Gasteiger partial charge in [0.2, 0.25) is 21.9 Å². The minimum Gasteiger partial charge on any atom is -0.346 e. The molecule has 0 saturated heterocycles. The summed E-state index contributed by atoms with van der Waals surface area (Å²) in [7, 11) is -0.107. The highest BCUT2D eigenvalue weighted by molar-refractivity contribution is 7.89. The van der Waals surface area contributed by atoms with Gasteiger partial charge in [-0.25, -0.2) is 18.5 Å². The van der Waals surface area contributed by atoms with E-state index < -0.39 is 10.0 Å². The number of aromatic nitrogens is 2. The lowest BCUT2D eigenvalue weighted by atomic mass is 10.0. The van der Waals surface area contributed by atoms with Crippen molar-refractivity contribution in [1.82, 2.24) is 9.97 Å². The summed E-state index contributed by atoms with van der Waals surface area (Å²) in [4.78, 5) is 25.2. The van der Waals surface area contributed by atoms with Gasteiger partial charge < -0.3 is 15.1 Å². The SMILES string of the molecule is CN1C(=O)[C@H](CC2CC2)N(C)c2nc(Nc3ccc(S(N)(=O)=O)cc3)ncc21. The number of likely N-dealkylation sites (N-methyl/N-ethyl adjacent to an activating group) is 2. The summed E-state index contributed by atoms with van der Waals surface area (Å²) >= 11 is 0. The number of fused-ring (bicyclic) bond motifs is 1. The van der Waals surface area contributed by atoms with E-state index in [-0.39, 0.29) is 16.8 Å². The monoisotopic (exact) mass is 402 g/mol. The zero-order valence-corrected chi connectivity index (χ0v) is 16.5. The Morgan fingerprint density at radius 2 is 1.89 bits per heavy atom. The summed E-state index contributed by atoms with van der Waals surface area (Å²) in [6.07, 6.45) is 4.81. The van der Waals surface area contributed by atoms with E-state index in [1.54, 1.807) is 30.3 Å². The van der Waals surface area contributed by atoms with E-state index in [1.807, 2.05) is 11.9 Å². The Balaban J connectivity index is 1.59. The van der Waals surface area contributed by atoms with Crippen molar-refractivity contribution in [3.05, 3.63) is 30.5 Å². The van der Waals surface area contributed by atoms with Gasteiger partial charge >= 0.3 is 0 Å². The number of nitrogens with one attached hydrogen (secondary N) is 1. The quantitative estimate of drug-likeness (QED) is 0.776. The lowest BCUT2D eigenvalue weighted by molar-refractivity contribution is -0.120. The molecule has 1 amide bonds. The number of nitrogens with zero attached hydrogens (tertiary/aromatic N) is 4. The second-order valence-corrected chi connectivity index (χ2v) is 8.86. The van der Waals surface area contributed by atoms with Crippen molar-refractivity contribution in [2.45, 2.75) is 30.2 Å². The summed E-state index contributed by atoms with van der Waals surface area (Å²) in [5.74, 6) is 1.72. The molecule has 1 atom stereocenters. The van der Waals surface area contributed by atoms with Gasteiger partial charge in [-0.3, -0.25) is 4.79 Å². The van der Waals surface area contributed by atoms with Gasteiger partial charge in [-0.05, 0) is 36.6 Å². The van der Waals surface area contributed by atoms with Crippen LogP contribution in [0.2, 0.25) is 0 Å². The van der Waals surface area contributed by atoms with Crippen LogP contribution in [0.25, 0.3) is 0 Å². The topological polar surface area (TPSA) is 122 Å². The summed E-state index contributed by atoms with van der Waals surface area (Å²) < 4.78 is 22.7. The van der Waals surface area contributed by atoms with Gasteiger partial charge in [0.1, 0.15) is 11.7 Å². The van der Waals surface area contributed by atoms with Gasteiger partial charge in [0, 0.05) is 19.8 Å². The first-order valence-corrected chi connectivity index (χ1v) is 10.6. The minimum absolute atomic E-state index is 0.0344. The standard InChI is InChI=1S/C18H22N6O3S/c1-23-14(9-11-3-4-11)17(25)24(2)15-10-20-18(22-16(15)23)21-12-5-7-13(8-6-12)28(19,26)27/h5-8,10-11,14H,3-4,9H2,1-2H3,(H2,19,26,27)(H,20,21,22)/t14-/m0/s1. The van der Waals surface area contributed by atoms with E-state index in [2.05, 4.69) is 15.3 Å². The number of carbonyl (C=O) groups excluding carboxylic acids is 1. The first-order valence-electron chi connectivity index (χ1n) is 9.01. The maximum absolute atomic E-state index is 12.7. The normalized spacial score (nSPS) is 19.5. The van der Waals surface area contributed by atoms with E-state index in [4.69, 9.17) is 5.14 Å². The number of primary sulfonamides is 1. The van der Waals surface area contributed by atoms with E-state index in [9.17, 15) is 13.2 Å².